The number of hydrogen-bond acceptors (Lipinski definition) is 3. The maximum absolute atomic E-state index is 11.2. The summed E-state index contributed by atoms with van der Waals surface area (Å²) < 4.78 is 2.27. The van der Waals surface area contributed by atoms with Gasteiger partial charge in [-0.1, -0.05) is 6.92 Å². The molecule has 3 rings (SSSR count). The number of thioether (sulfide) groups is 1. The zero-order chi connectivity index (χ0) is 14.1. The number of carboxylic acids is 1. The SMILES string of the molecule is CCc1nc2ccc(C(=O)O)cc2n1C1CCCSC1. The molecule has 1 aromatic carbocycles. The fourth-order valence-corrected chi connectivity index (χ4v) is 3.99. The van der Waals surface area contributed by atoms with E-state index in [1.54, 1.807) is 12.1 Å². The van der Waals surface area contributed by atoms with E-state index in [1.807, 2.05) is 17.8 Å². The molecule has 1 aliphatic heterocycles. The first-order chi connectivity index (χ1) is 9.70. The maximum Gasteiger partial charge on any atom is 0.335 e. The summed E-state index contributed by atoms with van der Waals surface area (Å²) in [6, 6.07) is 5.67. The Balaban J connectivity index is 2.15. The molecule has 0 aliphatic carbocycles. The van der Waals surface area contributed by atoms with Crippen molar-refractivity contribution >= 4 is 28.8 Å². The Labute approximate surface area is 122 Å². The van der Waals surface area contributed by atoms with E-state index in [-0.39, 0.29) is 0 Å². The van der Waals surface area contributed by atoms with Crippen molar-refractivity contribution in [1.29, 1.82) is 0 Å². The van der Waals surface area contributed by atoms with Crippen LogP contribution in [0.4, 0.5) is 0 Å². The minimum atomic E-state index is -0.879. The molecule has 0 saturated carbocycles. The Bertz CT molecular complexity index is 645. The number of aromatic nitrogens is 2. The number of hydrogen-bond donors (Lipinski definition) is 1. The van der Waals surface area contributed by atoms with E-state index < -0.39 is 5.97 Å². The number of fused-ring (bicyclic) bond motifs is 1. The lowest BCUT2D eigenvalue weighted by Crippen LogP contribution is -2.18. The van der Waals surface area contributed by atoms with Crippen LogP contribution in [0.15, 0.2) is 18.2 Å². The topological polar surface area (TPSA) is 55.1 Å². The lowest BCUT2D eigenvalue weighted by molar-refractivity contribution is 0.0697. The quantitative estimate of drug-likeness (QED) is 0.941. The molecule has 106 valence electrons. The van der Waals surface area contributed by atoms with Gasteiger partial charge in [-0.2, -0.15) is 11.8 Å². The van der Waals surface area contributed by atoms with Gasteiger partial charge in [-0.05, 0) is 36.8 Å². The van der Waals surface area contributed by atoms with Gasteiger partial charge in [-0.3, -0.25) is 0 Å². The van der Waals surface area contributed by atoms with E-state index in [4.69, 9.17) is 0 Å². The molecule has 0 spiro atoms. The average molecular weight is 290 g/mol. The third-order valence-corrected chi connectivity index (χ3v) is 5.02. The molecule has 0 bridgehead atoms. The lowest BCUT2D eigenvalue weighted by atomic mass is 10.1. The fraction of sp³-hybridized carbons (Fsp3) is 0.467. The van der Waals surface area contributed by atoms with Crippen molar-refractivity contribution < 1.29 is 9.90 Å². The Morgan fingerprint density at radius 2 is 2.40 bits per heavy atom. The van der Waals surface area contributed by atoms with Crippen LogP contribution in [0.2, 0.25) is 0 Å². The van der Waals surface area contributed by atoms with E-state index in [2.05, 4.69) is 16.5 Å². The molecule has 1 saturated heterocycles. The molecule has 4 nitrogen and oxygen atoms in total. The smallest absolute Gasteiger partial charge is 0.335 e. The Morgan fingerprint density at radius 3 is 3.05 bits per heavy atom. The zero-order valence-corrected chi connectivity index (χ0v) is 12.3. The number of imidazole rings is 1. The standard InChI is InChI=1S/C15H18N2O2S/c1-2-14-16-12-6-5-10(15(18)19)8-13(12)17(14)11-4-3-7-20-9-11/h5-6,8,11H,2-4,7,9H2,1H3,(H,18,19). The highest BCUT2D eigenvalue weighted by Crippen LogP contribution is 2.31. The second kappa shape index (κ2) is 5.48. The highest BCUT2D eigenvalue weighted by Gasteiger charge is 2.21. The van der Waals surface area contributed by atoms with Crippen molar-refractivity contribution in [2.75, 3.05) is 11.5 Å². The Kier molecular flexibility index (Phi) is 3.70. The van der Waals surface area contributed by atoms with Crippen LogP contribution in [0.5, 0.6) is 0 Å². The van der Waals surface area contributed by atoms with Crippen molar-refractivity contribution in [3.63, 3.8) is 0 Å². The lowest BCUT2D eigenvalue weighted by Gasteiger charge is -2.25. The van der Waals surface area contributed by atoms with Crippen molar-refractivity contribution in [3.8, 4) is 0 Å². The molecule has 1 N–H and O–H groups in total. The third-order valence-electron chi connectivity index (χ3n) is 3.83. The molecule has 2 aromatic rings. The van der Waals surface area contributed by atoms with Crippen LogP contribution in [0.25, 0.3) is 11.0 Å². The molecule has 0 radical (unpaired) electrons. The molecule has 1 atom stereocenters. The maximum atomic E-state index is 11.2. The van der Waals surface area contributed by atoms with E-state index in [0.29, 0.717) is 11.6 Å². The van der Waals surface area contributed by atoms with E-state index in [9.17, 15) is 9.90 Å². The van der Waals surface area contributed by atoms with Crippen LogP contribution >= 0.6 is 11.8 Å². The number of carboxylic acid groups (broad SMARTS) is 1. The van der Waals surface area contributed by atoms with Crippen LogP contribution in [-0.4, -0.2) is 32.1 Å². The van der Waals surface area contributed by atoms with Gasteiger partial charge >= 0.3 is 5.97 Å². The first kappa shape index (κ1) is 13.5. The molecule has 1 fully saturated rings. The fourth-order valence-electron chi connectivity index (χ4n) is 2.86. The van der Waals surface area contributed by atoms with Gasteiger partial charge in [0.25, 0.3) is 0 Å². The Morgan fingerprint density at radius 1 is 1.55 bits per heavy atom. The van der Waals surface area contributed by atoms with Crippen molar-refractivity contribution in [1.82, 2.24) is 9.55 Å². The molecular formula is C15H18N2O2S. The number of aromatic carboxylic acids is 1. The predicted molar refractivity (Wildman–Crippen MR) is 81.7 cm³/mol. The zero-order valence-electron chi connectivity index (χ0n) is 11.5. The molecule has 1 aromatic heterocycles. The number of nitrogens with zero attached hydrogens (tertiary/aromatic N) is 2. The molecule has 0 amide bonds. The minimum Gasteiger partial charge on any atom is -0.478 e. The number of carbonyl (C=O) groups is 1. The van der Waals surface area contributed by atoms with Crippen molar-refractivity contribution in [2.24, 2.45) is 0 Å². The van der Waals surface area contributed by atoms with Crippen LogP contribution < -0.4 is 0 Å². The minimum absolute atomic E-state index is 0.338. The number of rotatable bonds is 3. The third kappa shape index (κ3) is 2.30. The summed E-state index contributed by atoms with van der Waals surface area (Å²) >= 11 is 1.97. The molecule has 5 heteroatoms. The summed E-state index contributed by atoms with van der Waals surface area (Å²) in [6.07, 6.45) is 3.25. The molecule has 20 heavy (non-hydrogen) atoms. The summed E-state index contributed by atoms with van der Waals surface area (Å²) in [5.74, 6) is 2.51. The highest BCUT2D eigenvalue weighted by molar-refractivity contribution is 7.99. The van der Waals surface area contributed by atoms with Gasteiger partial charge in [0.15, 0.2) is 0 Å². The van der Waals surface area contributed by atoms with Crippen LogP contribution in [-0.2, 0) is 6.42 Å². The molecule has 1 aliphatic rings. The second-order valence-electron chi connectivity index (χ2n) is 5.13. The van der Waals surface area contributed by atoms with Crippen molar-refractivity contribution in [3.05, 3.63) is 29.6 Å². The van der Waals surface area contributed by atoms with E-state index in [1.165, 1.54) is 12.2 Å². The summed E-state index contributed by atoms with van der Waals surface area (Å²) in [5, 5.41) is 9.18. The molecular weight excluding hydrogens is 272 g/mol. The number of aryl methyl sites for hydroxylation is 1. The van der Waals surface area contributed by atoms with Gasteiger partial charge < -0.3 is 9.67 Å². The summed E-state index contributed by atoms with van der Waals surface area (Å²) in [4.78, 5) is 15.8. The van der Waals surface area contributed by atoms with Gasteiger partial charge in [0.1, 0.15) is 5.82 Å². The van der Waals surface area contributed by atoms with E-state index >= 15 is 0 Å². The van der Waals surface area contributed by atoms with Crippen LogP contribution in [0, 0.1) is 0 Å². The highest BCUT2D eigenvalue weighted by atomic mass is 32.2. The Hall–Kier alpha value is -1.49. The molecule has 2 heterocycles. The van der Waals surface area contributed by atoms with Gasteiger partial charge in [-0.15, -0.1) is 0 Å². The van der Waals surface area contributed by atoms with Crippen molar-refractivity contribution in [2.45, 2.75) is 32.2 Å². The first-order valence-electron chi connectivity index (χ1n) is 7.02. The summed E-state index contributed by atoms with van der Waals surface area (Å²) in [6.45, 7) is 2.10. The molecule has 1 unspecified atom stereocenters. The average Bonchev–Trinajstić information content (AvgIpc) is 2.85. The van der Waals surface area contributed by atoms with Gasteiger partial charge in [-0.25, -0.2) is 9.78 Å². The van der Waals surface area contributed by atoms with Gasteiger partial charge in [0.2, 0.25) is 0 Å². The van der Waals surface area contributed by atoms with Gasteiger partial charge in [0, 0.05) is 18.2 Å². The summed E-state index contributed by atoms with van der Waals surface area (Å²) in [5.41, 5.74) is 2.21. The second-order valence-corrected chi connectivity index (χ2v) is 6.28. The largest absolute Gasteiger partial charge is 0.478 e. The normalized spacial score (nSPS) is 19.4. The first-order valence-corrected chi connectivity index (χ1v) is 8.18. The van der Waals surface area contributed by atoms with Gasteiger partial charge in [0.05, 0.1) is 16.6 Å². The summed E-state index contributed by atoms with van der Waals surface area (Å²) in [7, 11) is 0. The number of benzene rings is 1. The van der Waals surface area contributed by atoms with Crippen LogP contribution in [0.3, 0.4) is 0 Å². The van der Waals surface area contributed by atoms with E-state index in [0.717, 1.165) is 35.5 Å². The van der Waals surface area contributed by atoms with Crippen LogP contribution in [0.1, 0.15) is 42.0 Å². The predicted octanol–water partition coefficient (Wildman–Crippen LogP) is 3.37. The monoisotopic (exact) mass is 290 g/mol.